The lowest BCUT2D eigenvalue weighted by atomic mass is 10.4. The first-order valence-corrected chi connectivity index (χ1v) is 2.70. The lowest BCUT2D eigenvalue weighted by Gasteiger charge is -1.79. The minimum absolute atomic E-state index is 0.503. The van der Waals surface area contributed by atoms with E-state index in [0.717, 1.165) is 5.69 Å². The van der Waals surface area contributed by atoms with Gasteiger partial charge in [-0.25, -0.2) is 0 Å². The van der Waals surface area contributed by atoms with Crippen molar-refractivity contribution in [1.29, 1.82) is 0 Å². The number of nitrogens with zero attached hydrogens (tertiary/aromatic N) is 1. The SMILES string of the molecule is [CH2]Cc1cc(Cl)n[nH]1. The fourth-order valence-electron chi connectivity index (χ4n) is 0.462. The largest absolute Gasteiger partial charge is 0.281 e. The van der Waals surface area contributed by atoms with Crippen molar-refractivity contribution in [2.45, 2.75) is 6.42 Å². The zero-order valence-electron chi connectivity index (χ0n) is 4.32. The molecular formula is C5H6ClN2. The smallest absolute Gasteiger partial charge is 0.151 e. The zero-order chi connectivity index (χ0) is 5.98. The summed E-state index contributed by atoms with van der Waals surface area (Å²) < 4.78 is 0. The molecule has 1 aromatic heterocycles. The van der Waals surface area contributed by atoms with Gasteiger partial charge < -0.3 is 0 Å². The van der Waals surface area contributed by atoms with E-state index in [0.29, 0.717) is 11.6 Å². The van der Waals surface area contributed by atoms with E-state index >= 15 is 0 Å². The molecule has 8 heavy (non-hydrogen) atoms. The minimum Gasteiger partial charge on any atom is -0.281 e. The van der Waals surface area contributed by atoms with Crippen molar-refractivity contribution in [3.05, 3.63) is 23.8 Å². The number of hydrogen-bond acceptors (Lipinski definition) is 1. The Hall–Kier alpha value is -0.500. The average Bonchev–Trinajstić information content (AvgIpc) is 2.14. The van der Waals surface area contributed by atoms with Crippen molar-refractivity contribution in [2.24, 2.45) is 0 Å². The summed E-state index contributed by atoms with van der Waals surface area (Å²) in [7, 11) is 0. The van der Waals surface area contributed by atoms with Gasteiger partial charge in [-0.15, -0.1) is 0 Å². The average molecular weight is 130 g/mol. The Balaban J connectivity index is 2.84. The summed E-state index contributed by atoms with van der Waals surface area (Å²) in [6.45, 7) is 3.64. The van der Waals surface area contributed by atoms with Crippen LogP contribution in [0.3, 0.4) is 0 Å². The van der Waals surface area contributed by atoms with Crippen molar-refractivity contribution < 1.29 is 0 Å². The number of aromatic amines is 1. The van der Waals surface area contributed by atoms with Crippen molar-refractivity contribution in [1.82, 2.24) is 10.2 Å². The standard InChI is InChI=1S/C5H6ClN2/c1-2-4-3-5(6)8-7-4/h3H,1-2H2,(H,7,8). The lowest BCUT2D eigenvalue weighted by molar-refractivity contribution is 1.01. The van der Waals surface area contributed by atoms with Crippen LogP contribution in [-0.2, 0) is 6.42 Å². The molecule has 0 saturated carbocycles. The van der Waals surface area contributed by atoms with Gasteiger partial charge in [0.25, 0.3) is 0 Å². The molecule has 0 atom stereocenters. The maximum Gasteiger partial charge on any atom is 0.151 e. The maximum atomic E-state index is 5.47. The van der Waals surface area contributed by atoms with Gasteiger partial charge >= 0.3 is 0 Å². The second-order valence-electron chi connectivity index (χ2n) is 1.47. The van der Waals surface area contributed by atoms with Crippen LogP contribution in [0.5, 0.6) is 0 Å². The molecule has 0 aromatic carbocycles. The lowest BCUT2D eigenvalue weighted by Crippen LogP contribution is -1.76. The number of H-pyrrole nitrogens is 1. The molecule has 0 spiro atoms. The summed E-state index contributed by atoms with van der Waals surface area (Å²) >= 11 is 5.47. The van der Waals surface area contributed by atoms with Gasteiger partial charge in [0.15, 0.2) is 5.15 Å². The maximum absolute atomic E-state index is 5.47. The zero-order valence-corrected chi connectivity index (χ0v) is 5.07. The quantitative estimate of drug-likeness (QED) is 0.611. The first kappa shape index (κ1) is 5.63. The Labute approximate surface area is 52.9 Å². The summed E-state index contributed by atoms with van der Waals surface area (Å²) in [5.41, 5.74) is 0.968. The van der Waals surface area contributed by atoms with Gasteiger partial charge in [-0.1, -0.05) is 11.6 Å². The molecule has 0 aliphatic carbocycles. The van der Waals surface area contributed by atoms with Crippen molar-refractivity contribution >= 4 is 11.6 Å². The van der Waals surface area contributed by atoms with E-state index in [1.54, 1.807) is 6.07 Å². The van der Waals surface area contributed by atoms with Gasteiger partial charge in [-0.05, 0) is 19.4 Å². The predicted octanol–water partition coefficient (Wildman–Crippen LogP) is 1.44. The fraction of sp³-hybridized carbons (Fsp3) is 0.200. The Bertz CT molecular complexity index is 171. The highest BCUT2D eigenvalue weighted by atomic mass is 35.5. The summed E-state index contributed by atoms with van der Waals surface area (Å²) in [6.07, 6.45) is 0.708. The highest BCUT2D eigenvalue weighted by molar-refractivity contribution is 6.29. The molecule has 0 bridgehead atoms. The minimum atomic E-state index is 0.503. The molecule has 0 unspecified atom stereocenters. The second-order valence-corrected chi connectivity index (χ2v) is 1.85. The molecule has 3 heteroatoms. The number of hydrogen-bond donors (Lipinski definition) is 1. The third-order valence-electron chi connectivity index (χ3n) is 0.869. The first-order valence-electron chi connectivity index (χ1n) is 2.32. The van der Waals surface area contributed by atoms with Gasteiger partial charge in [0.05, 0.1) is 0 Å². The normalized spacial score (nSPS) is 9.75. The monoisotopic (exact) mass is 129 g/mol. The summed E-state index contributed by atoms with van der Waals surface area (Å²) in [5.74, 6) is 0. The number of rotatable bonds is 1. The molecule has 1 aromatic rings. The van der Waals surface area contributed by atoms with Crippen LogP contribution in [0.15, 0.2) is 6.07 Å². The predicted molar refractivity (Wildman–Crippen MR) is 32.7 cm³/mol. The molecule has 0 amide bonds. The van der Waals surface area contributed by atoms with E-state index in [1.807, 2.05) is 0 Å². The first-order chi connectivity index (χ1) is 3.83. The van der Waals surface area contributed by atoms with E-state index in [9.17, 15) is 0 Å². The Morgan fingerprint density at radius 1 is 1.88 bits per heavy atom. The molecule has 1 radical (unpaired) electrons. The van der Waals surface area contributed by atoms with Crippen LogP contribution in [0.2, 0.25) is 5.15 Å². The Morgan fingerprint density at radius 2 is 2.62 bits per heavy atom. The molecule has 0 fully saturated rings. The molecule has 2 nitrogen and oxygen atoms in total. The molecule has 0 aliphatic heterocycles. The molecular weight excluding hydrogens is 124 g/mol. The highest BCUT2D eigenvalue weighted by Crippen LogP contribution is 2.04. The van der Waals surface area contributed by atoms with Gasteiger partial charge in [0.1, 0.15) is 0 Å². The number of nitrogens with one attached hydrogen (secondary N) is 1. The summed E-state index contributed by atoms with van der Waals surface area (Å²) in [4.78, 5) is 0. The highest BCUT2D eigenvalue weighted by Gasteiger charge is 1.91. The van der Waals surface area contributed by atoms with E-state index in [-0.39, 0.29) is 0 Å². The summed E-state index contributed by atoms with van der Waals surface area (Å²) in [5, 5.41) is 6.90. The Kier molecular flexibility index (Phi) is 1.53. The third kappa shape index (κ3) is 1.01. The molecule has 0 saturated heterocycles. The van der Waals surface area contributed by atoms with E-state index < -0.39 is 0 Å². The Morgan fingerprint density at radius 3 is 2.88 bits per heavy atom. The number of halogens is 1. The van der Waals surface area contributed by atoms with Crippen molar-refractivity contribution in [3.63, 3.8) is 0 Å². The van der Waals surface area contributed by atoms with Crippen LogP contribution in [0.4, 0.5) is 0 Å². The van der Waals surface area contributed by atoms with E-state index in [1.165, 1.54) is 0 Å². The summed E-state index contributed by atoms with van der Waals surface area (Å²) in [6, 6.07) is 1.76. The van der Waals surface area contributed by atoms with Gasteiger partial charge in [-0.2, -0.15) is 5.10 Å². The van der Waals surface area contributed by atoms with Crippen LogP contribution in [-0.4, -0.2) is 10.2 Å². The van der Waals surface area contributed by atoms with Gasteiger partial charge in [0, 0.05) is 5.69 Å². The van der Waals surface area contributed by atoms with Crippen LogP contribution >= 0.6 is 11.6 Å². The fourth-order valence-corrected chi connectivity index (χ4v) is 0.636. The van der Waals surface area contributed by atoms with Crippen molar-refractivity contribution in [2.75, 3.05) is 0 Å². The van der Waals surface area contributed by atoms with E-state index in [4.69, 9.17) is 11.6 Å². The number of aromatic nitrogens is 2. The topological polar surface area (TPSA) is 28.7 Å². The van der Waals surface area contributed by atoms with Gasteiger partial charge in [0.2, 0.25) is 0 Å². The van der Waals surface area contributed by atoms with Crippen molar-refractivity contribution in [3.8, 4) is 0 Å². The van der Waals surface area contributed by atoms with Crippen LogP contribution in [0.25, 0.3) is 0 Å². The van der Waals surface area contributed by atoms with E-state index in [2.05, 4.69) is 17.1 Å². The van der Waals surface area contributed by atoms with Gasteiger partial charge in [-0.3, -0.25) is 5.10 Å². The third-order valence-corrected chi connectivity index (χ3v) is 1.06. The molecule has 1 N–H and O–H groups in total. The van der Waals surface area contributed by atoms with Crippen LogP contribution in [0.1, 0.15) is 5.69 Å². The molecule has 1 rings (SSSR count). The van der Waals surface area contributed by atoms with Crippen LogP contribution < -0.4 is 0 Å². The molecule has 43 valence electrons. The molecule has 1 heterocycles. The molecule has 0 aliphatic rings. The van der Waals surface area contributed by atoms with Crippen LogP contribution in [0, 0.1) is 6.92 Å². The second kappa shape index (κ2) is 2.18.